The third-order valence-corrected chi connectivity index (χ3v) is 3.46. The Bertz CT molecular complexity index is 659. The zero-order valence-electron chi connectivity index (χ0n) is 11.9. The molecule has 0 radical (unpaired) electrons. The summed E-state index contributed by atoms with van der Waals surface area (Å²) in [5, 5.41) is 10.7. The van der Waals surface area contributed by atoms with Gasteiger partial charge >= 0.3 is 0 Å². The number of aromatic nitrogens is 5. The first-order chi connectivity index (χ1) is 10.4. The van der Waals surface area contributed by atoms with Crippen LogP contribution in [0.3, 0.4) is 0 Å². The number of nitrogens with one attached hydrogen (secondary N) is 3. The highest BCUT2D eigenvalue weighted by Gasteiger charge is 2.13. The lowest BCUT2D eigenvalue weighted by molar-refractivity contribution is 0.498. The summed E-state index contributed by atoms with van der Waals surface area (Å²) >= 11 is 0. The molecule has 6 heteroatoms. The third kappa shape index (κ3) is 3.00. The van der Waals surface area contributed by atoms with Gasteiger partial charge in [0.05, 0.1) is 17.9 Å². The van der Waals surface area contributed by atoms with Crippen molar-refractivity contribution in [1.29, 1.82) is 0 Å². The van der Waals surface area contributed by atoms with Gasteiger partial charge in [-0.2, -0.15) is 5.10 Å². The first kappa shape index (κ1) is 13.5. The Morgan fingerprint density at radius 1 is 1.29 bits per heavy atom. The van der Waals surface area contributed by atoms with E-state index in [1.54, 1.807) is 12.4 Å². The number of imidazole rings is 1. The summed E-state index contributed by atoms with van der Waals surface area (Å²) in [7, 11) is 0. The summed E-state index contributed by atoms with van der Waals surface area (Å²) in [4.78, 5) is 11.6. The lowest BCUT2D eigenvalue weighted by atomic mass is 10.1. The highest BCUT2D eigenvalue weighted by molar-refractivity contribution is 5.61. The van der Waals surface area contributed by atoms with Gasteiger partial charge in [-0.1, -0.05) is 6.92 Å². The van der Waals surface area contributed by atoms with E-state index in [1.807, 2.05) is 30.7 Å². The van der Waals surface area contributed by atoms with Crippen LogP contribution in [0.15, 0.2) is 43.1 Å². The zero-order valence-corrected chi connectivity index (χ0v) is 11.9. The Balaban J connectivity index is 1.73. The molecule has 0 fully saturated rings. The maximum Gasteiger partial charge on any atom is 0.123 e. The van der Waals surface area contributed by atoms with Crippen molar-refractivity contribution < 1.29 is 0 Å². The first-order valence-corrected chi connectivity index (χ1v) is 7.03. The van der Waals surface area contributed by atoms with Gasteiger partial charge in [-0.05, 0) is 18.6 Å². The van der Waals surface area contributed by atoms with Crippen LogP contribution < -0.4 is 5.32 Å². The molecule has 0 aliphatic carbocycles. The fraction of sp³-hybridized carbons (Fsp3) is 0.267. The number of nitrogens with zero attached hydrogens (tertiary/aromatic N) is 3. The maximum absolute atomic E-state index is 4.32. The van der Waals surface area contributed by atoms with Crippen molar-refractivity contribution in [1.82, 2.24) is 30.5 Å². The molecule has 21 heavy (non-hydrogen) atoms. The summed E-state index contributed by atoms with van der Waals surface area (Å²) < 4.78 is 0. The Morgan fingerprint density at radius 2 is 2.24 bits per heavy atom. The highest BCUT2D eigenvalue weighted by atomic mass is 15.1. The Morgan fingerprint density at radius 3 is 2.95 bits per heavy atom. The smallest absolute Gasteiger partial charge is 0.123 e. The van der Waals surface area contributed by atoms with E-state index < -0.39 is 0 Å². The average Bonchev–Trinajstić information content (AvgIpc) is 3.20. The van der Waals surface area contributed by atoms with Crippen LogP contribution in [0.25, 0.3) is 11.3 Å². The van der Waals surface area contributed by atoms with Gasteiger partial charge in [0.25, 0.3) is 0 Å². The minimum atomic E-state index is 0.205. The molecular formula is C15H18N6. The van der Waals surface area contributed by atoms with Crippen LogP contribution in [-0.4, -0.2) is 25.1 Å². The van der Waals surface area contributed by atoms with Gasteiger partial charge in [0.15, 0.2) is 0 Å². The van der Waals surface area contributed by atoms with Crippen molar-refractivity contribution in [3.8, 4) is 11.3 Å². The zero-order chi connectivity index (χ0) is 14.5. The van der Waals surface area contributed by atoms with Crippen molar-refractivity contribution in [2.45, 2.75) is 25.9 Å². The lowest BCUT2D eigenvalue weighted by Crippen LogP contribution is -2.21. The maximum atomic E-state index is 4.32. The van der Waals surface area contributed by atoms with E-state index in [9.17, 15) is 0 Å². The fourth-order valence-corrected chi connectivity index (χ4v) is 2.34. The van der Waals surface area contributed by atoms with Gasteiger partial charge in [-0.15, -0.1) is 0 Å². The second-order valence-electron chi connectivity index (χ2n) is 4.83. The summed E-state index contributed by atoms with van der Waals surface area (Å²) in [6.07, 6.45) is 10.0. The molecule has 0 spiro atoms. The number of H-pyrrole nitrogens is 2. The van der Waals surface area contributed by atoms with Crippen molar-refractivity contribution in [2.24, 2.45) is 0 Å². The second-order valence-corrected chi connectivity index (χ2v) is 4.83. The molecule has 3 aromatic rings. The van der Waals surface area contributed by atoms with E-state index in [-0.39, 0.29) is 6.04 Å². The van der Waals surface area contributed by atoms with Crippen molar-refractivity contribution in [3.05, 3.63) is 54.5 Å². The van der Waals surface area contributed by atoms with E-state index >= 15 is 0 Å². The van der Waals surface area contributed by atoms with Gasteiger partial charge in [-0.3, -0.25) is 10.1 Å². The molecular weight excluding hydrogens is 264 g/mol. The molecule has 108 valence electrons. The summed E-state index contributed by atoms with van der Waals surface area (Å²) in [6, 6.07) is 4.15. The minimum absolute atomic E-state index is 0.205. The van der Waals surface area contributed by atoms with Crippen LogP contribution in [0.2, 0.25) is 0 Å². The van der Waals surface area contributed by atoms with Crippen LogP contribution in [0.4, 0.5) is 0 Å². The van der Waals surface area contributed by atoms with Gasteiger partial charge in [0.1, 0.15) is 5.82 Å². The van der Waals surface area contributed by atoms with Crippen molar-refractivity contribution in [3.63, 3.8) is 0 Å². The van der Waals surface area contributed by atoms with Crippen molar-refractivity contribution in [2.75, 3.05) is 0 Å². The molecule has 0 saturated heterocycles. The molecule has 0 amide bonds. The van der Waals surface area contributed by atoms with Crippen LogP contribution in [0, 0.1) is 0 Å². The summed E-state index contributed by atoms with van der Waals surface area (Å²) in [5.41, 5.74) is 3.16. The second kappa shape index (κ2) is 6.32. The Kier molecular flexibility index (Phi) is 4.07. The molecule has 3 aromatic heterocycles. The average molecular weight is 282 g/mol. The monoisotopic (exact) mass is 282 g/mol. The molecule has 0 aliphatic rings. The summed E-state index contributed by atoms with van der Waals surface area (Å²) in [5.74, 6) is 0.962. The fourth-order valence-electron chi connectivity index (χ4n) is 2.34. The van der Waals surface area contributed by atoms with Gasteiger partial charge < -0.3 is 10.3 Å². The van der Waals surface area contributed by atoms with E-state index in [0.717, 1.165) is 35.6 Å². The molecule has 1 atom stereocenters. The van der Waals surface area contributed by atoms with Crippen LogP contribution in [0.1, 0.15) is 30.8 Å². The molecule has 1 unspecified atom stereocenters. The third-order valence-electron chi connectivity index (χ3n) is 3.46. The number of rotatable bonds is 6. The molecule has 0 aliphatic heterocycles. The van der Waals surface area contributed by atoms with Crippen LogP contribution >= 0.6 is 0 Å². The molecule has 3 heterocycles. The van der Waals surface area contributed by atoms with E-state index in [0.29, 0.717) is 0 Å². The van der Waals surface area contributed by atoms with E-state index in [4.69, 9.17) is 0 Å². The van der Waals surface area contributed by atoms with Gasteiger partial charge in [0, 0.05) is 42.5 Å². The first-order valence-electron chi connectivity index (χ1n) is 7.03. The molecule has 0 bridgehead atoms. The molecule has 0 aromatic carbocycles. The number of hydrogen-bond donors (Lipinski definition) is 3. The van der Waals surface area contributed by atoms with Gasteiger partial charge in [0.2, 0.25) is 0 Å². The SMILES string of the molecule is CCC(NCc1cn[nH]c1-c1cccnc1)c1ncc[nH]1. The minimum Gasteiger partial charge on any atom is -0.347 e. The highest BCUT2D eigenvalue weighted by Crippen LogP contribution is 2.21. The predicted molar refractivity (Wildman–Crippen MR) is 80.3 cm³/mol. The lowest BCUT2D eigenvalue weighted by Gasteiger charge is -2.14. The quantitative estimate of drug-likeness (QED) is 0.648. The van der Waals surface area contributed by atoms with Crippen molar-refractivity contribution >= 4 is 0 Å². The number of aromatic amines is 2. The normalized spacial score (nSPS) is 12.4. The Labute approximate surface area is 123 Å². The van der Waals surface area contributed by atoms with Crippen LogP contribution in [0.5, 0.6) is 0 Å². The van der Waals surface area contributed by atoms with E-state index in [1.165, 1.54) is 0 Å². The number of pyridine rings is 1. The van der Waals surface area contributed by atoms with Crippen LogP contribution in [-0.2, 0) is 6.54 Å². The largest absolute Gasteiger partial charge is 0.347 e. The van der Waals surface area contributed by atoms with E-state index in [2.05, 4.69) is 37.4 Å². The van der Waals surface area contributed by atoms with Gasteiger partial charge in [-0.25, -0.2) is 4.98 Å². The number of hydrogen-bond acceptors (Lipinski definition) is 4. The molecule has 0 saturated carbocycles. The standard InChI is InChI=1S/C15H18N6/c1-2-13(15-17-6-7-18-15)19-9-12-10-20-21-14(12)11-4-3-5-16-8-11/h3-8,10,13,19H,2,9H2,1H3,(H,17,18)(H,20,21). The Hall–Kier alpha value is -2.47. The topological polar surface area (TPSA) is 82.3 Å². The predicted octanol–water partition coefficient (Wildman–Crippen LogP) is 2.44. The molecule has 3 N–H and O–H groups in total. The molecule has 3 rings (SSSR count). The molecule has 6 nitrogen and oxygen atoms in total. The summed E-state index contributed by atoms with van der Waals surface area (Å²) in [6.45, 7) is 2.86.